The predicted molar refractivity (Wildman–Crippen MR) is 76.2 cm³/mol. The number of amides is 1. The zero-order valence-corrected chi connectivity index (χ0v) is 12.0. The van der Waals surface area contributed by atoms with Gasteiger partial charge >= 0.3 is 0 Å². The van der Waals surface area contributed by atoms with Gasteiger partial charge in [-0.25, -0.2) is 0 Å². The van der Waals surface area contributed by atoms with E-state index >= 15 is 0 Å². The minimum absolute atomic E-state index is 0.150. The molecule has 1 fully saturated rings. The van der Waals surface area contributed by atoms with Gasteiger partial charge in [0.15, 0.2) is 0 Å². The molecule has 0 atom stereocenters. The van der Waals surface area contributed by atoms with Crippen LogP contribution in [-0.4, -0.2) is 10.9 Å². The van der Waals surface area contributed by atoms with Crippen LogP contribution in [0, 0.1) is 5.41 Å². The minimum Gasteiger partial charge on any atom is -0.392 e. The summed E-state index contributed by atoms with van der Waals surface area (Å²) >= 11 is 14.1. The second-order valence-corrected chi connectivity index (χ2v) is 5.73. The molecule has 0 radical (unpaired) electrons. The van der Waals surface area contributed by atoms with E-state index < -0.39 is 5.41 Å². The Morgan fingerprint density at radius 2 is 2.18 bits per heavy atom. The smallest absolute Gasteiger partial charge is 0.237 e. The summed E-state index contributed by atoms with van der Waals surface area (Å²) < 4.78 is 0.785. The molecule has 0 saturated heterocycles. The molecule has 1 amide bonds. The average molecular weight is 334 g/mol. The molecular formula is C11H10BrClN2OS. The van der Waals surface area contributed by atoms with Crippen molar-refractivity contribution in [2.45, 2.75) is 12.8 Å². The van der Waals surface area contributed by atoms with Crippen molar-refractivity contribution in [3.63, 3.8) is 0 Å². The number of nitrogens with one attached hydrogen (secondary N) is 1. The summed E-state index contributed by atoms with van der Waals surface area (Å²) in [5, 5.41) is 3.33. The average Bonchev–Trinajstić information content (AvgIpc) is 3.04. The Kier molecular flexibility index (Phi) is 3.43. The number of rotatable bonds is 3. The number of anilines is 1. The van der Waals surface area contributed by atoms with Crippen molar-refractivity contribution in [3.05, 3.63) is 27.7 Å². The first-order valence-corrected chi connectivity index (χ1v) is 6.60. The van der Waals surface area contributed by atoms with Crippen LogP contribution in [0.15, 0.2) is 22.7 Å². The Hall–Kier alpha value is -0.650. The molecule has 6 heteroatoms. The quantitative estimate of drug-likeness (QED) is 0.836. The van der Waals surface area contributed by atoms with E-state index in [4.69, 9.17) is 29.6 Å². The lowest BCUT2D eigenvalue weighted by Crippen LogP contribution is -2.34. The zero-order chi connectivity index (χ0) is 12.6. The van der Waals surface area contributed by atoms with Gasteiger partial charge in [-0.3, -0.25) is 4.79 Å². The number of carbonyl (C=O) groups excluding carboxylic acids is 1. The molecule has 0 spiro atoms. The van der Waals surface area contributed by atoms with Crippen molar-refractivity contribution >= 4 is 56.3 Å². The fraction of sp³-hybridized carbons (Fsp3) is 0.273. The lowest BCUT2D eigenvalue weighted by molar-refractivity contribution is -0.118. The van der Waals surface area contributed by atoms with Crippen LogP contribution in [0.25, 0.3) is 0 Å². The molecule has 90 valence electrons. The molecule has 1 saturated carbocycles. The summed E-state index contributed by atoms with van der Waals surface area (Å²) in [6, 6.07) is 5.22. The van der Waals surface area contributed by atoms with Gasteiger partial charge in [-0.2, -0.15) is 0 Å². The first-order valence-electron chi connectivity index (χ1n) is 5.02. The van der Waals surface area contributed by atoms with Gasteiger partial charge in [-0.1, -0.05) is 23.8 Å². The molecule has 17 heavy (non-hydrogen) atoms. The predicted octanol–water partition coefficient (Wildman–Crippen LogP) is 3.11. The highest BCUT2D eigenvalue weighted by Crippen LogP contribution is 2.46. The Labute approximate surface area is 118 Å². The van der Waals surface area contributed by atoms with Gasteiger partial charge in [0.25, 0.3) is 0 Å². The van der Waals surface area contributed by atoms with Gasteiger partial charge in [0.2, 0.25) is 5.91 Å². The van der Waals surface area contributed by atoms with E-state index in [1.807, 2.05) is 0 Å². The molecule has 0 aliphatic heterocycles. The van der Waals surface area contributed by atoms with Crippen molar-refractivity contribution in [2.75, 3.05) is 5.32 Å². The monoisotopic (exact) mass is 332 g/mol. The van der Waals surface area contributed by atoms with Crippen LogP contribution in [0.1, 0.15) is 12.8 Å². The van der Waals surface area contributed by atoms with E-state index in [0.29, 0.717) is 10.7 Å². The van der Waals surface area contributed by atoms with Crippen LogP contribution in [0.5, 0.6) is 0 Å². The first kappa shape index (κ1) is 12.8. The molecular weight excluding hydrogens is 324 g/mol. The summed E-state index contributed by atoms with van der Waals surface area (Å²) in [6.07, 6.45) is 1.44. The topological polar surface area (TPSA) is 55.1 Å². The molecule has 2 rings (SSSR count). The number of benzene rings is 1. The second-order valence-electron chi connectivity index (χ2n) is 4.03. The van der Waals surface area contributed by atoms with Crippen LogP contribution >= 0.6 is 39.7 Å². The highest BCUT2D eigenvalue weighted by Gasteiger charge is 2.52. The van der Waals surface area contributed by atoms with Gasteiger partial charge < -0.3 is 11.1 Å². The van der Waals surface area contributed by atoms with Crippen LogP contribution in [0.3, 0.4) is 0 Å². The minimum atomic E-state index is -0.644. The third kappa shape index (κ3) is 2.46. The van der Waals surface area contributed by atoms with Crippen LogP contribution in [0.4, 0.5) is 5.69 Å². The Balaban J connectivity index is 2.14. The number of hydrogen-bond acceptors (Lipinski definition) is 2. The molecule has 0 aromatic heterocycles. The third-order valence-electron chi connectivity index (χ3n) is 2.83. The summed E-state index contributed by atoms with van der Waals surface area (Å²) in [5.41, 5.74) is 5.58. The maximum Gasteiger partial charge on any atom is 0.237 e. The van der Waals surface area contributed by atoms with E-state index in [2.05, 4.69) is 21.2 Å². The van der Waals surface area contributed by atoms with Gasteiger partial charge in [0.1, 0.15) is 0 Å². The largest absolute Gasteiger partial charge is 0.392 e. The standard InChI is InChI=1S/C11H10BrClN2OS/c12-7-2-1-6(5-8(7)13)15-10(16)11(3-4-11)9(14)17/h1-2,5H,3-4H2,(H2,14,17)(H,15,16). The van der Waals surface area contributed by atoms with Crippen LogP contribution in [0.2, 0.25) is 5.02 Å². The number of nitrogens with two attached hydrogens (primary N) is 1. The van der Waals surface area contributed by atoms with E-state index in [-0.39, 0.29) is 10.9 Å². The SMILES string of the molecule is NC(=S)C1(C(=O)Nc2ccc(Br)c(Cl)c2)CC1. The van der Waals surface area contributed by atoms with Crippen LogP contribution < -0.4 is 11.1 Å². The first-order chi connectivity index (χ1) is 7.95. The molecule has 1 aliphatic carbocycles. The van der Waals surface area contributed by atoms with Crippen molar-refractivity contribution in [3.8, 4) is 0 Å². The van der Waals surface area contributed by atoms with Crippen LogP contribution in [-0.2, 0) is 4.79 Å². The van der Waals surface area contributed by atoms with Crippen molar-refractivity contribution < 1.29 is 4.79 Å². The number of carbonyl (C=O) groups is 1. The van der Waals surface area contributed by atoms with Gasteiger partial charge in [-0.05, 0) is 47.0 Å². The summed E-state index contributed by atoms with van der Waals surface area (Å²) in [7, 11) is 0. The third-order valence-corrected chi connectivity index (χ3v) is 4.46. The Bertz CT molecular complexity index is 502. The Morgan fingerprint density at radius 3 is 2.65 bits per heavy atom. The van der Waals surface area contributed by atoms with Gasteiger partial charge in [0, 0.05) is 10.2 Å². The summed E-state index contributed by atoms with van der Waals surface area (Å²) in [6.45, 7) is 0. The van der Waals surface area contributed by atoms with Gasteiger partial charge in [0.05, 0.1) is 15.4 Å². The van der Waals surface area contributed by atoms with E-state index in [1.165, 1.54) is 0 Å². The van der Waals surface area contributed by atoms with Gasteiger partial charge in [-0.15, -0.1) is 0 Å². The van der Waals surface area contributed by atoms with E-state index in [1.54, 1.807) is 18.2 Å². The zero-order valence-electron chi connectivity index (χ0n) is 8.80. The maximum atomic E-state index is 12.0. The van der Waals surface area contributed by atoms with Crippen molar-refractivity contribution in [1.29, 1.82) is 0 Å². The molecule has 1 aromatic rings. The second kappa shape index (κ2) is 4.55. The van der Waals surface area contributed by atoms with Crippen molar-refractivity contribution in [2.24, 2.45) is 11.1 Å². The number of hydrogen-bond donors (Lipinski definition) is 2. The fourth-order valence-corrected chi connectivity index (χ4v) is 2.26. The maximum absolute atomic E-state index is 12.0. The molecule has 0 bridgehead atoms. The lowest BCUT2D eigenvalue weighted by atomic mass is 10.1. The normalized spacial score (nSPS) is 16.4. The fourth-order valence-electron chi connectivity index (χ4n) is 1.53. The molecule has 1 aromatic carbocycles. The molecule has 3 N–H and O–H groups in total. The van der Waals surface area contributed by atoms with Crippen molar-refractivity contribution in [1.82, 2.24) is 0 Å². The van der Waals surface area contributed by atoms with E-state index in [0.717, 1.165) is 17.3 Å². The molecule has 1 aliphatic rings. The summed E-state index contributed by atoms with van der Waals surface area (Å²) in [4.78, 5) is 12.3. The summed E-state index contributed by atoms with van der Waals surface area (Å²) in [5.74, 6) is -0.150. The molecule has 0 unspecified atom stereocenters. The number of thiocarbonyl (C=S) groups is 1. The lowest BCUT2D eigenvalue weighted by Gasteiger charge is -2.13. The highest BCUT2D eigenvalue weighted by atomic mass is 79.9. The molecule has 3 nitrogen and oxygen atoms in total. The number of halogens is 2. The molecule has 0 heterocycles. The Morgan fingerprint density at radius 1 is 1.53 bits per heavy atom. The van der Waals surface area contributed by atoms with E-state index in [9.17, 15) is 4.79 Å². The highest BCUT2D eigenvalue weighted by molar-refractivity contribution is 9.10.